The molecule has 124 valence electrons. The van der Waals surface area contributed by atoms with E-state index in [1.165, 1.54) is 11.3 Å². The quantitative estimate of drug-likeness (QED) is 0.303. The summed E-state index contributed by atoms with van der Waals surface area (Å²) in [6.07, 6.45) is 1.79. The van der Waals surface area contributed by atoms with Crippen LogP contribution in [0.1, 0.15) is 5.56 Å². The van der Waals surface area contributed by atoms with Gasteiger partial charge in [0, 0.05) is 22.4 Å². The molecular weight excluding hydrogens is 390 g/mol. The van der Waals surface area contributed by atoms with Crippen molar-refractivity contribution in [3.63, 3.8) is 0 Å². The lowest BCUT2D eigenvalue weighted by molar-refractivity contribution is 0.829. The van der Waals surface area contributed by atoms with Gasteiger partial charge in [-0.15, -0.1) is 5.10 Å². The molecule has 2 aromatic heterocycles. The molecule has 0 atom stereocenters. The molecule has 0 radical (unpaired) electrons. The number of halogens is 1. The van der Waals surface area contributed by atoms with Crippen molar-refractivity contribution in [2.24, 2.45) is 0 Å². The molecule has 0 saturated heterocycles. The van der Waals surface area contributed by atoms with Crippen LogP contribution in [0.5, 0.6) is 0 Å². The Kier molecular flexibility index (Phi) is 4.85. The van der Waals surface area contributed by atoms with Gasteiger partial charge in [0.2, 0.25) is 0 Å². The predicted octanol–water partition coefficient (Wildman–Crippen LogP) is 6.16. The van der Waals surface area contributed by atoms with Gasteiger partial charge in [0.25, 0.3) is 0 Å². The third kappa shape index (κ3) is 3.48. The first-order valence-corrected chi connectivity index (χ1v) is 10.1. The fourth-order valence-electron chi connectivity index (χ4n) is 2.50. The van der Waals surface area contributed by atoms with Crippen LogP contribution in [0.25, 0.3) is 16.6 Å². The highest BCUT2D eigenvalue weighted by Crippen LogP contribution is 2.31. The molecule has 0 spiro atoms. The summed E-state index contributed by atoms with van der Waals surface area (Å²) in [5, 5.41) is 6.34. The topological polar surface area (TPSA) is 30.7 Å². The van der Waals surface area contributed by atoms with Crippen LogP contribution >= 0.6 is 46.9 Å². The van der Waals surface area contributed by atoms with Crippen LogP contribution in [-0.4, -0.2) is 14.8 Å². The van der Waals surface area contributed by atoms with Gasteiger partial charge >= 0.3 is 0 Å². The summed E-state index contributed by atoms with van der Waals surface area (Å²) in [6.45, 7) is 0. The third-order valence-corrected chi connectivity index (χ3v) is 6.42. The first-order valence-electron chi connectivity index (χ1n) is 7.53. The number of fused-ring (bicyclic) bond motifs is 1. The molecular formula is C18H12ClN3S3. The number of hydrogen-bond donors (Lipinski definition) is 0. The van der Waals surface area contributed by atoms with Crippen molar-refractivity contribution in [2.45, 2.75) is 10.1 Å². The van der Waals surface area contributed by atoms with E-state index in [1.54, 1.807) is 22.6 Å². The zero-order valence-electron chi connectivity index (χ0n) is 12.9. The summed E-state index contributed by atoms with van der Waals surface area (Å²) in [6, 6.07) is 17.8. The molecule has 7 heteroatoms. The van der Waals surface area contributed by atoms with Crippen molar-refractivity contribution in [1.82, 2.24) is 14.8 Å². The van der Waals surface area contributed by atoms with Crippen LogP contribution in [0, 0.1) is 3.95 Å². The van der Waals surface area contributed by atoms with E-state index < -0.39 is 0 Å². The Morgan fingerprint density at radius 2 is 1.92 bits per heavy atom. The molecule has 2 aromatic carbocycles. The zero-order chi connectivity index (χ0) is 17.2. The Balaban J connectivity index is 1.61. The molecule has 0 saturated carbocycles. The summed E-state index contributed by atoms with van der Waals surface area (Å²) < 4.78 is 3.49. The van der Waals surface area contributed by atoms with Gasteiger partial charge in [0.15, 0.2) is 8.29 Å². The van der Waals surface area contributed by atoms with Crippen LogP contribution in [0.3, 0.4) is 0 Å². The van der Waals surface area contributed by atoms with Gasteiger partial charge in [0.05, 0.1) is 11.2 Å². The number of para-hydroxylation sites is 1. The number of rotatable bonds is 4. The standard InChI is InChI=1S/C18H12ClN3S3/c19-15-9-8-12(16-14(15)7-4-10-20-16)11-24-17-21-22(18(23)25-17)13-5-2-1-3-6-13/h1-10H,11H2. The minimum absolute atomic E-state index is 0.723. The first kappa shape index (κ1) is 16.7. The fourth-order valence-corrected chi connectivity index (χ4v) is 5.07. The minimum atomic E-state index is 0.723. The van der Waals surface area contributed by atoms with Gasteiger partial charge in [-0.05, 0) is 48.1 Å². The fraction of sp³-hybridized carbons (Fsp3) is 0.0556. The average molecular weight is 402 g/mol. The van der Waals surface area contributed by atoms with Crippen molar-refractivity contribution < 1.29 is 0 Å². The van der Waals surface area contributed by atoms with E-state index in [0.717, 1.165) is 41.2 Å². The summed E-state index contributed by atoms with van der Waals surface area (Å²) in [5.41, 5.74) is 3.06. The van der Waals surface area contributed by atoms with Gasteiger partial charge in [-0.1, -0.05) is 59.0 Å². The van der Waals surface area contributed by atoms with Gasteiger partial charge in [-0.25, -0.2) is 4.68 Å². The normalized spacial score (nSPS) is 11.1. The molecule has 3 nitrogen and oxygen atoms in total. The van der Waals surface area contributed by atoms with Gasteiger partial charge in [-0.2, -0.15) is 0 Å². The Labute approximate surface area is 163 Å². The lowest BCUT2D eigenvalue weighted by atomic mass is 10.1. The van der Waals surface area contributed by atoms with Crippen LogP contribution in [0.2, 0.25) is 5.02 Å². The molecule has 4 aromatic rings. The average Bonchev–Trinajstić information content (AvgIpc) is 3.03. The van der Waals surface area contributed by atoms with Crippen molar-refractivity contribution in [2.75, 3.05) is 0 Å². The van der Waals surface area contributed by atoms with E-state index in [-0.39, 0.29) is 0 Å². The van der Waals surface area contributed by atoms with Crippen molar-refractivity contribution in [3.05, 3.63) is 75.3 Å². The number of nitrogens with zero attached hydrogens (tertiary/aromatic N) is 3. The number of aromatic nitrogens is 3. The van der Waals surface area contributed by atoms with E-state index >= 15 is 0 Å². The highest BCUT2D eigenvalue weighted by molar-refractivity contribution is 8.00. The number of thioether (sulfide) groups is 1. The summed E-state index contributed by atoms with van der Waals surface area (Å²) in [4.78, 5) is 4.48. The maximum absolute atomic E-state index is 6.26. The Bertz CT molecular complexity index is 1090. The molecule has 2 heterocycles. The van der Waals surface area contributed by atoms with E-state index in [2.05, 4.69) is 10.1 Å². The molecule has 0 amide bonds. The monoisotopic (exact) mass is 401 g/mol. The van der Waals surface area contributed by atoms with Gasteiger partial charge in [0.1, 0.15) is 0 Å². The number of pyridine rings is 1. The van der Waals surface area contributed by atoms with Crippen molar-refractivity contribution in [3.8, 4) is 5.69 Å². The number of benzene rings is 2. The Morgan fingerprint density at radius 1 is 1.08 bits per heavy atom. The SMILES string of the molecule is S=c1sc(SCc2ccc(Cl)c3cccnc23)nn1-c1ccccc1. The molecule has 0 aliphatic heterocycles. The molecule has 0 aliphatic carbocycles. The molecule has 25 heavy (non-hydrogen) atoms. The Morgan fingerprint density at radius 3 is 2.76 bits per heavy atom. The summed E-state index contributed by atoms with van der Waals surface area (Å²) in [5.74, 6) is 0.766. The lowest BCUT2D eigenvalue weighted by Gasteiger charge is -2.05. The maximum atomic E-state index is 6.26. The first-order chi connectivity index (χ1) is 12.2. The smallest absolute Gasteiger partial charge is 0.184 e. The Hall–Kier alpha value is -1.73. The second-order valence-corrected chi connectivity index (χ2v) is 8.53. The predicted molar refractivity (Wildman–Crippen MR) is 109 cm³/mol. The van der Waals surface area contributed by atoms with E-state index in [1.807, 2.05) is 54.6 Å². The highest BCUT2D eigenvalue weighted by Gasteiger charge is 2.10. The van der Waals surface area contributed by atoms with E-state index in [9.17, 15) is 0 Å². The third-order valence-electron chi connectivity index (χ3n) is 3.68. The van der Waals surface area contributed by atoms with Gasteiger partial charge < -0.3 is 0 Å². The van der Waals surface area contributed by atoms with Crippen molar-refractivity contribution >= 4 is 57.8 Å². The second-order valence-electron chi connectivity index (χ2n) is 5.28. The minimum Gasteiger partial charge on any atom is -0.256 e. The lowest BCUT2D eigenvalue weighted by Crippen LogP contribution is -1.95. The second kappa shape index (κ2) is 7.25. The van der Waals surface area contributed by atoms with Crippen LogP contribution in [0.4, 0.5) is 0 Å². The van der Waals surface area contributed by atoms with Crippen LogP contribution in [0.15, 0.2) is 65.1 Å². The molecule has 4 rings (SSSR count). The molecule has 0 bridgehead atoms. The van der Waals surface area contributed by atoms with Crippen LogP contribution < -0.4 is 0 Å². The van der Waals surface area contributed by atoms with E-state index in [4.69, 9.17) is 23.8 Å². The molecule has 0 aliphatic rings. The molecule has 0 fully saturated rings. The highest BCUT2D eigenvalue weighted by atomic mass is 35.5. The zero-order valence-corrected chi connectivity index (χ0v) is 16.1. The number of hydrogen-bond acceptors (Lipinski definition) is 5. The van der Waals surface area contributed by atoms with E-state index in [0.29, 0.717) is 0 Å². The molecule has 0 N–H and O–H groups in total. The largest absolute Gasteiger partial charge is 0.256 e. The summed E-state index contributed by atoms with van der Waals surface area (Å²) in [7, 11) is 0. The maximum Gasteiger partial charge on any atom is 0.184 e. The van der Waals surface area contributed by atoms with Crippen LogP contribution in [-0.2, 0) is 5.75 Å². The van der Waals surface area contributed by atoms with Gasteiger partial charge in [-0.3, -0.25) is 4.98 Å². The summed E-state index contributed by atoms with van der Waals surface area (Å²) >= 11 is 14.9. The van der Waals surface area contributed by atoms with Crippen molar-refractivity contribution in [1.29, 1.82) is 0 Å². The molecule has 0 unspecified atom stereocenters.